The van der Waals surface area contributed by atoms with Crippen LogP contribution in [0.4, 0.5) is 0 Å². The first-order valence-electron chi connectivity index (χ1n) is 2.55. The summed E-state index contributed by atoms with van der Waals surface area (Å²) in [6.07, 6.45) is 1.28. The highest BCUT2D eigenvalue weighted by molar-refractivity contribution is 14.1. The Hall–Kier alpha value is 0.630. The third kappa shape index (κ3) is 4.45. The predicted octanol–water partition coefficient (Wildman–Crippen LogP) is 1.72. The minimum atomic E-state index is -0.0888. The summed E-state index contributed by atoms with van der Waals surface area (Å²) >= 11 is 3.71. The number of amides is 1. The number of hydrogen-bond donors (Lipinski definition) is 0. The van der Waals surface area contributed by atoms with Crippen LogP contribution in [0.1, 0.15) is 0 Å². The number of halogens is 2. The van der Waals surface area contributed by atoms with E-state index >= 15 is 0 Å². The van der Waals surface area contributed by atoms with Gasteiger partial charge < -0.3 is 3.07 Å². The third-order valence-corrected chi connectivity index (χ3v) is 2.18. The Balaban J connectivity index is 3.51. The van der Waals surface area contributed by atoms with Gasteiger partial charge in [0.1, 0.15) is 23.0 Å². The van der Waals surface area contributed by atoms with Crippen molar-refractivity contribution in [2.24, 2.45) is 0 Å². The molecule has 0 spiro atoms. The van der Waals surface area contributed by atoms with Crippen molar-refractivity contribution in [3.05, 3.63) is 12.7 Å². The van der Waals surface area contributed by atoms with Crippen LogP contribution in [-0.2, 0) is 7.86 Å². The summed E-state index contributed by atoms with van der Waals surface area (Å²) in [6, 6.07) is 0. The number of nitrogens with zero attached hydrogens (tertiary/aromatic N) is 1. The van der Waals surface area contributed by atoms with Gasteiger partial charge in [0.15, 0.2) is 0 Å². The summed E-state index contributed by atoms with van der Waals surface area (Å²) in [5, 5.41) is 0. The molecule has 0 aromatic carbocycles. The van der Waals surface area contributed by atoms with Crippen LogP contribution < -0.4 is 0 Å². The molecule has 10 heavy (non-hydrogen) atoms. The van der Waals surface area contributed by atoms with Crippen LogP contribution in [-0.4, -0.2) is 22.2 Å². The topological polar surface area (TPSA) is 29.5 Å². The van der Waals surface area contributed by atoms with E-state index in [9.17, 15) is 4.79 Å². The van der Waals surface area contributed by atoms with E-state index in [4.69, 9.17) is 3.07 Å². The molecule has 3 nitrogen and oxygen atoms in total. The minimum absolute atomic E-state index is 0.0888. The molecule has 1 amide bonds. The number of rotatable bonds is 4. The average molecular weight is 367 g/mol. The van der Waals surface area contributed by atoms with Crippen LogP contribution in [0.5, 0.6) is 0 Å². The summed E-state index contributed by atoms with van der Waals surface area (Å²) in [4.78, 5) is 10.8. The van der Waals surface area contributed by atoms with Gasteiger partial charge in [-0.05, 0) is 6.08 Å². The lowest BCUT2D eigenvalue weighted by molar-refractivity contribution is -0.120. The van der Waals surface area contributed by atoms with E-state index in [1.54, 1.807) is 23.0 Å². The van der Waals surface area contributed by atoms with Crippen LogP contribution in [0.25, 0.3) is 0 Å². The Labute approximate surface area is 88.0 Å². The monoisotopic (exact) mass is 367 g/mol. The number of hydrogen-bond acceptors (Lipinski definition) is 2. The highest BCUT2D eigenvalue weighted by Gasteiger charge is 2.03. The molecule has 0 atom stereocenters. The smallest absolute Gasteiger partial charge is 0.254 e. The molecule has 0 saturated heterocycles. The molecule has 0 aromatic heterocycles. The van der Waals surface area contributed by atoms with Gasteiger partial charge >= 0.3 is 0 Å². The fraction of sp³-hybridized carbons (Fsp3) is 0.400. The summed E-state index contributed by atoms with van der Waals surface area (Å²) in [7, 11) is 0. The third-order valence-electron chi connectivity index (χ3n) is 0.779. The molecule has 0 fully saturated rings. The van der Waals surface area contributed by atoms with Gasteiger partial charge in [-0.1, -0.05) is 6.58 Å². The van der Waals surface area contributed by atoms with Gasteiger partial charge in [0.2, 0.25) is 0 Å². The van der Waals surface area contributed by atoms with Gasteiger partial charge in [-0.2, -0.15) is 0 Å². The van der Waals surface area contributed by atoms with E-state index < -0.39 is 0 Å². The first-order chi connectivity index (χ1) is 4.72. The van der Waals surface area contributed by atoms with Crippen molar-refractivity contribution in [1.29, 1.82) is 0 Å². The molecule has 0 aliphatic heterocycles. The molecule has 0 bridgehead atoms. The lowest BCUT2D eigenvalue weighted by atomic mass is 10.5. The molecule has 0 aliphatic carbocycles. The Morgan fingerprint density at radius 2 is 2.40 bits per heavy atom. The Morgan fingerprint density at radius 1 is 1.80 bits per heavy atom. The molecular formula is C5H7I2NO2. The average Bonchev–Trinajstić information content (AvgIpc) is 1.98. The fourth-order valence-electron chi connectivity index (χ4n) is 0.324. The second-order valence-electron chi connectivity index (χ2n) is 1.44. The minimum Gasteiger partial charge on any atom is -0.314 e. The van der Waals surface area contributed by atoms with E-state index in [2.05, 4.69) is 6.58 Å². The summed E-state index contributed by atoms with van der Waals surface area (Å²) in [5.41, 5.74) is 0. The van der Waals surface area contributed by atoms with Gasteiger partial charge in [0.25, 0.3) is 5.91 Å². The standard InChI is InChI=1S/C5H7I2NO2/c1-2-5(9)8(6)3-4-10-7/h2H,1,3-4H2. The first kappa shape index (κ1) is 10.6. The molecule has 0 aliphatic rings. The van der Waals surface area contributed by atoms with E-state index in [0.29, 0.717) is 13.2 Å². The predicted molar refractivity (Wildman–Crippen MR) is 55.9 cm³/mol. The summed E-state index contributed by atoms with van der Waals surface area (Å²) in [6.45, 7) is 4.49. The Bertz CT molecular complexity index is 129. The highest BCUT2D eigenvalue weighted by atomic mass is 127. The van der Waals surface area contributed by atoms with E-state index in [-0.39, 0.29) is 5.91 Å². The SMILES string of the molecule is C=CC(=O)N(I)CCOI. The molecule has 0 heterocycles. The van der Waals surface area contributed by atoms with Crippen LogP contribution in [0.2, 0.25) is 0 Å². The van der Waals surface area contributed by atoms with Crippen molar-refractivity contribution in [1.82, 2.24) is 3.11 Å². The molecule has 0 radical (unpaired) electrons. The maximum atomic E-state index is 10.8. The van der Waals surface area contributed by atoms with E-state index in [1.807, 2.05) is 22.9 Å². The summed E-state index contributed by atoms with van der Waals surface area (Å²) < 4.78 is 6.26. The van der Waals surface area contributed by atoms with Crippen molar-refractivity contribution in [2.75, 3.05) is 13.2 Å². The zero-order valence-corrected chi connectivity index (χ0v) is 9.53. The fourth-order valence-corrected chi connectivity index (χ4v) is 0.915. The molecule has 5 heteroatoms. The van der Waals surface area contributed by atoms with Crippen molar-refractivity contribution in [2.45, 2.75) is 0 Å². The maximum absolute atomic E-state index is 10.8. The van der Waals surface area contributed by atoms with E-state index in [0.717, 1.165) is 0 Å². The largest absolute Gasteiger partial charge is 0.314 e. The van der Waals surface area contributed by atoms with Crippen LogP contribution in [0.15, 0.2) is 12.7 Å². The second-order valence-corrected chi connectivity index (χ2v) is 3.23. The quantitative estimate of drug-likeness (QED) is 0.431. The maximum Gasteiger partial charge on any atom is 0.254 e. The van der Waals surface area contributed by atoms with Crippen molar-refractivity contribution >= 4 is 51.8 Å². The zero-order chi connectivity index (χ0) is 7.98. The van der Waals surface area contributed by atoms with Crippen LogP contribution in [0.3, 0.4) is 0 Å². The molecule has 0 rings (SSSR count). The van der Waals surface area contributed by atoms with Crippen molar-refractivity contribution in [3.8, 4) is 0 Å². The zero-order valence-electron chi connectivity index (χ0n) is 5.22. The lowest BCUT2D eigenvalue weighted by Gasteiger charge is -2.09. The van der Waals surface area contributed by atoms with Crippen molar-refractivity contribution in [3.63, 3.8) is 0 Å². The number of carbonyl (C=O) groups is 1. The van der Waals surface area contributed by atoms with Crippen molar-refractivity contribution < 1.29 is 7.86 Å². The normalized spacial score (nSPS) is 9.00. The molecule has 0 unspecified atom stereocenters. The van der Waals surface area contributed by atoms with Gasteiger partial charge in [0.05, 0.1) is 36.0 Å². The Kier molecular flexibility index (Phi) is 6.75. The Morgan fingerprint density at radius 3 is 2.80 bits per heavy atom. The summed E-state index contributed by atoms with van der Waals surface area (Å²) in [5.74, 6) is -0.0888. The molecule has 0 saturated carbocycles. The lowest BCUT2D eigenvalue weighted by Crippen LogP contribution is -2.21. The second kappa shape index (κ2) is 6.35. The number of carbonyl (C=O) groups excluding carboxylic acids is 1. The van der Waals surface area contributed by atoms with Gasteiger partial charge in [0, 0.05) is 0 Å². The molecule has 0 N–H and O–H groups in total. The molecular weight excluding hydrogens is 360 g/mol. The van der Waals surface area contributed by atoms with Gasteiger partial charge in [-0.3, -0.25) is 7.91 Å². The molecule has 0 aromatic rings. The molecule has 58 valence electrons. The van der Waals surface area contributed by atoms with Crippen LogP contribution in [0, 0.1) is 0 Å². The first-order valence-corrected chi connectivity index (χ1v) is 4.40. The van der Waals surface area contributed by atoms with Gasteiger partial charge in [-0.15, -0.1) is 0 Å². The van der Waals surface area contributed by atoms with Gasteiger partial charge in [-0.25, -0.2) is 0 Å². The highest BCUT2D eigenvalue weighted by Crippen LogP contribution is 2.00. The van der Waals surface area contributed by atoms with Crippen LogP contribution >= 0.6 is 45.9 Å². The van der Waals surface area contributed by atoms with E-state index in [1.165, 1.54) is 9.19 Å².